The Kier molecular flexibility index (Phi) is 7.79. The molecule has 0 aliphatic heterocycles. The van der Waals surface area contributed by atoms with Crippen molar-refractivity contribution in [1.29, 1.82) is 0 Å². The number of guanidine groups is 1. The number of aliphatic imine (C=N–C) groups is 1. The maximum atomic E-state index is 13.2. The number of hydrogen-bond donors (Lipinski definition) is 3. The number of hydrogen-bond acceptors (Lipinski definition) is 2. The number of nitrogens with zero attached hydrogens (tertiary/aromatic N) is 1. The quantitative estimate of drug-likeness (QED) is 0.519. The summed E-state index contributed by atoms with van der Waals surface area (Å²) in [6.07, 6.45) is 0.777. The molecule has 5 nitrogen and oxygen atoms in total. The minimum Gasteiger partial charge on any atom is -0.356 e. The van der Waals surface area contributed by atoms with Crippen molar-refractivity contribution in [2.75, 3.05) is 20.1 Å². The molecule has 3 N–H and O–H groups in total. The SMILES string of the molecule is CCNC(=O)c1cccc(CNC(=NC)NCCc2ccc(F)cc2C)c1. The number of halogens is 1. The first-order valence-electron chi connectivity index (χ1n) is 9.10. The molecule has 0 aliphatic carbocycles. The van der Waals surface area contributed by atoms with Gasteiger partial charge in [0.15, 0.2) is 5.96 Å². The largest absolute Gasteiger partial charge is 0.356 e. The Balaban J connectivity index is 1.85. The zero-order valence-corrected chi connectivity index (χ0v) is 16.1. The van der Waals surface area contributed by atoms with Crippen LogP contribution in [-0.2, 0) is 13.0 Å². The zero-order chi connectivity index (χ0) is 19.6. The third-order valence-electron chi connectivity index (χ3n) is 4.20. The Labute approximate surface area is 160 Å². The van der Waals surface area contributed by atoms with Crippen LogP contribution in [0.2, 0.25) is 0 Å². The molecule has 144 valence electrons. The second-order valence-electron chi connectivity index (χ2n) is 6.23. The summed E-state index contributed by atoms with van der Waals surface area (Å²) in [6.45, 7) is 5.65. The highest BCUT2D eigenvalue weighted by molar-refractivity contribution is 5.94. The van der Waals surface area contributed by atoms with Crippen LogP contribution in [0.25, 0.3) is 0 Å². The van der Waals surface area contributed by atoms with E-state index in [9.17, 15) is 9.18 Å². The number of benzene rings is 2. The highest BCUT2D eigenvalue weighted by Gasteiger charge is 2.06. The first kappa shape index (κ1) is 20.4. The van der Waals surface area contributed by atoms with Crippen LogP contribution in [0.3, 0.4) is 0 Å². The Bertz CT molecular complexity index is 805. The van der Waals surface area contributed by atoms with Crippen molar-refractivity contribution in [3.05, 3.63) is 70.5 Å². The Morgan fingerprint density at radius 2 is 1.93 bits per heavy atom. The predicted octanol–water partition coefficient (Wildman–Crippen LogP) is 2.79. The Hall–Kier alpha value is -2.89. The third kappa shape index (κ3) is 6.40. The molecule has 27 heavy (non-hydrogen) atoms. The molecule has 0 aliphatic rings. The molecule has 2 aromatic carbocycles. The van der Waals surface area contributed by atoms with Gasteiger partial charge in [-0.2, -0.15) is 0 Å². The van der Waals surface area contributed by atoms with Crippen LogP contribution in [0.4, 0.5) is 4.39 Å². The van der Waals surface area contributed by atoms with Gasteiger partial charge in [0, 0.05) is 32.2 Å². The van der Waals surface area contributed by atoms with Crippen molar-refractivity contribution in [1.82, 2.24) is 16.0 Å². The normalized spacial score (nSPS) is 11.2. The van der Waals surface area contributed by atoms with Crippen LogP contribution in [0.1, 0.15) is 34.0 Å². The minimum absolute atomic E-state index is 0.0727. The van der Waals surface area contributed by atoms with E-state index in [1.54, 1.807) is 19.2 Å². The summed E-state index contributed by atoms with van der Waals surface area (Å²) in [5.74, 6) is 0.395. The van der Waals surface area contributed by atoms with E-state index < -0.39 is 0 Å². The molecule has 0 fully saturated rings. The van der Waals surface area contributed by atoms with Gasteiger partial charge in [0.1, 0.15) is 5.82 Å². The first-order valence-corrected chi connectivity index (χ1v) is 9.10. The maximum Gasteiger partial charge on any atom is 0.251 e. The number of aryl methyl sites for hydroxylation is 1. The predicted molar refractivity (Wildman–Crippen MR) is 107 cm³/mol. The van der Waals surface area contributed by atoms with Gasteiger partial charge in [0.2, 0.25) is 0 Å². The lowest BCUT2D eigenvalue weighted by Gasteiger charge is -2.13. The highest BCUT2D eigenvalue weighted by Crippen LogP contribution is 2.10. The molecular formula is C21H27FN4O. The van der Waals surface area contributed by atoms with Gasteiger partial charge in [0.05, 0.1) is 0 Å². The van der Waals surface area contributed by atoms with Crippen LogP contribution < -0.4 is 16.0 Å². The molecule has 2 rings (SSSR count). The standard InChI is InChI=1S/C21H27FN4O/c1-4-24-20(27)18-7-5-6-16(13-18)14-26-21(23-3)25-11-10-17-8-9-19(22)12-15(17)2/h5-9,12-13H,4,10-11,14H2,1-3H3,(H,24,27)(H2,23,25,26). The maximum absolute atomic E-state index is 13.2. The molecule has 0 heterocycles. The summed E-state index contributed by atoms with van der Waals surface area (Å²) in [5, 5.41) is 9.29. The first-order chi connectivity index (χ1) is 13.0. The van der Waals surface area contributed by atoms with Gasteiger partial charge in [-0.15, -0.1) is 0 Å². The fourth-order valence-electron chi connectivity index (χ4n) is 2.75. The van der Waals surface area contributed by atoms with Crippen molar-refractivity contribution in [3.63, 3.8) is 0 Å². The van der Waals surface area contributed by atoms with Gasteiger partial charge >= 0.3 is 0 Å². The molecule has 0 unspecified atom stereocenters. The topological polar surface area (TPSA) is 65.5 Å². The molecule has 0 atom stereocenters. The zero-order valence-electron chi connectivity index (χ0n) is 16.1. The van der Waals surface area contributed by atoms with Crippen LogP contribution in [0.15, 0.2) is 47.5 Å². The smallest absolute Gasteiger partial charge is 0.251 e. The van der Waals surface area contributed by atoms with E-state index in [2.05, 4.69) is 20.9 Å². The molecular weight excluding hydrogens is 343 g/mol. The average Bonchev–Trinajstić information content (AvgIpc) is 2.66. The molecule has 1 amide bonds. The fraction of sp³-hybridized carbons (Fsp3) is 0.333. The Morgan fingerprint density at radius 1 is 1.11 bits per heavy atom. The number of amides is 1. The van der Waals surface area contributed by atoms with Gasteiger partial charge in [0.25, 0.3) is 5.91 Å². The molecule has 0 aromatic heterocycles. The second kappa shape index (κ2) is 10.3. The average molecular weight is 370 g/mol. The van der Waals surface area contributed by atoms with E-state index in [1.165, 1.54) is 6.07 Å². The van der Waals surface area contributed by atoms with Crippen LogP contribution >= 0.6 is 0 Å². The molecule has 0 spiro atoms. The van der Waals surface area contributed by atoms with Crippen LogP contribution in [0.5, 0.6) is 0 Å². The molecule has 0 radical (unpaired) electrons. The second-order valence-corrected chi connectivity index (χ2v) is 6.23. The third-order valence-corrected chi connectivity index (χ3v) is 4.20. The minimum atomic E-state index is -0.212. The number of carbonyl (C=O) groups is 1. The Morgan fingerprint density at radius 3 is 2.63 bits per heavy atom. The van der Waals surface area contributed by atoms with Gasteiger partial charge in [-0.25, -0.2) is 4.39 Å². The van der Waals surface area contributed by atoms with E-state index in [0.29, 0.717) is 31.2 Å². The summed E-state index contributed by atoms with van der Waals surface area (Å²) in [5.41, 5.74) is 3.69. The van der Waals surface area contributed by atoms with Crippen molar-refractivity contribution >= 4 is 11.9 Å². The summed E-state index contributed by atoms with van der Waals surface area (Å²) >= 11 is 0. The van der Waals surface area contributed by atoms with E-state index in [4.69, 9.17) is 0 Å². The van der Waals surface area contributed by atoms with Gasteiger partial charge in [-0.05, 0) is 61.2 Å². The van der Waals surface area contributed by atoms with E-state index in [-0.39, 0.29) is 11.7 Å². The summed E-state index contributed by atoms with van der Waals surface area (Å²) in [7, 11) is 1.71. The molecule has 2 aromatic rings. The summed E-state index contributed by atoms with van der Waals surface area (Å²) in [4.78, 5) is 16.1. The summed E-state index contributed by atoms with van der Waals surface area (Å²) in [6, 6.07) is 12.3. The van der Waals surface area contributed by atoms with E-state index in [0.717, 1.165) is 23.1 Å². The lowest BCUT2D eigenvalue weighted by atomic mass is 10.1. The van der Waals surface area contributed by atoms with Crippen LogP contribution in [-0.4, -0.2) is 32.0 Å². The number of rotatable bonds is 7. The molecule has 0 saturated heterocycles. The van der Waals surface area contributed by atoms with Crippen molar-refractivity contribution in [3.8, 4) is 0 Å². The molecule has 0 bridgehead atoms. The number of carbonyl (C=O) groups excluding carboxylic acids is 1. The lowest BCUT2D eigenvalue weighted by molar-refractivity contribution is 0.0955. The van der Waals surface area contributed by atoms with Crippen LogP contribution in [0, 0.1) is 12.7 Å². The van der Waals surface area contributed by atoms with Crippen molar-refractivity contribution in [2.24, 2.45) is 4.99 Å². The van der Waals surface area contributed by atoms with Gasteiger partial charge in [-0.1, -0.05) is 18.2 Å². The fourth-order valence-corrected chi connectivity index (χ4v) is 2.75. The molecule has 6 heteroatoms. The van der Waals surface area contributed by atoms with Gasteiger partial charge in [-0.3, -0.25) is 9.79 Å². The van der Waals surface area contributed by atoms with Crippen molar-refractivity contribution in [2.45, 2.75) is 26.8 Å². The highest BCUT2D eigenvalue weighted by atomic mass is 19.1. The molecule has 0 saturated carbocycles. The lowest BCUT2D eigenvalue weighted by Crippen LogP contribution is -2.38. The van der Waals surface area contributed by atoms with Crippen molar-refractivity contribution < 1.29 is 9.18 Å². The van der Waals surface area contributed by atoms with Gasteiger partial charge < -0.3 is 16.0 Å². The number of nitrogens with one attached hydrogen (secondary N) is 3. The summed E-state index contributed by atoms with van der Waals surface area (Å²) < 4.78 is 13.2. The van der Waals surface area contributed by atoms with E-state index >= 15 is 0 Å². The monoisotopic (exact) mass is 370 g/mol. The van der Waals surface area contributed by atoms with E-state index in [1.807, 2.05) is 38.1 Å².